The molecule has 0 bridgehead atoms. The number of nitrogens with zero attached hydrogens (tertiary/aromatic N) is 3. The van der Waals surface area contributed by atoms with Gasteiger partial charge in [-0.2, -0.15) is 0 Å². The van der Waals surface area contributed by atoms with Crippen molar-refractivity contribution in [1.82, 2.24) is 9.97 Å². The summed E-state index contributed by atoms with van der Waals surface area (Å²) in [5, 5.41) is 13.2. The number of hydrogen-bond donors (Lipinski definition) is 0. The van der Waals surface area contributed by atoms with Gasteiger partial charge in [-0.05, 0) is 24.8 Å². The van der Waals surface area contributed by atoms with Crippen LogP contribution >= 0.6 is 23.1 Å². The van der Waals surface area contributed by atoms with E-state index in [9.17, 15) is 10.1 Å². The molecule has 2 heterocycles. The van der Waals surface area contributed by atoms with Crippen LogP contribution in [0.4, 0.5) is 5.69 Å². The minimum atomic E-state index is -0.326. The molecule has 7 heteroatoms. The van der Waals surface area contributed by atoms with Gasteiger partial charge in [-0.1, -0.05) is 18.2 Å². The molecule has 1 aromatic carbocycles. The standard InChI is InChI=1S/C16H13N3O2S2/c20-19(21)12-6-2-1-4-10(12)8-22-15-14-11-5-3-7-13(11)23-16(14)18-9-17-15/h1-2,4,6,9H,3,5,7-8H2. The molecule has 4 rings (SSSR count). The van der Waals surface area contributed by atoms with E-state index in [1.54, 1.807) is 41.6 Å². The van der Waals surface area contributed by atoms with Gasteiger partial charge in [-0.25, -0.2) is 9.97 Å². The number of fused-ring (bicyclic) bond motifs is 3. The number of nitro benzene ring substituents is 1. The van der Waals surface area contributed by atoms with E-state index < -0.39 is 0 Å². The van der Waals surface area contributed by atoms with Crippen LogP contribution in [0.3, 0.4) is 0 Å². The second kappa shape index (κ2) is 5.90. The molecule has 0 amide bonds. The summed E-state index contributed by atoms with van der Waals surface area (Å²) >= 11 is 3.31. The number of rotatable bonds is 4. The highest BCUT2D eigenvalue weighted by Gasteiger charge is 2.22. The second-order valence-corrected chi connectivity index (χ2v) is 7.44. The zero-order valence-electron chi connectivity index (χ0n) is 12.2. The Labute approximate surface area is 140 Å². The zero-order valence-corrected chi connectivity index (χ0v) is 13.8. The third kappa shape index (κ3) is 2.60. The molecule has 0 saturated heterocycles. The Morgan fingerprint density at radius 3 is 3.00 bits per heavy atom. The Morgan fingerprint density at radius 1 is 1.26 bits per heavy atom. The minimum absolute atomic E-state index is 0.167. The van der Waals surface area contributed by atoms with Crippen molar-refractivity contribution in [2.75, 3.05) is 0 Å². The zero-order chi connectivity index (χ0) is 15.8. The maximum Gasteiger partial charge on any atom is 0.273 e. The molecule has 0 aliphatic heterocycles. The first-order valence-electron chi connectivity index (χ1n) is 7.34. The van der Waals surface area contributed by atoms with Crippen molar-refractivity contribution in [3.05, 3.63) is 56.7 Å². The summed E-state index contributed by atoms with van der Waals surface area (Å²) in [6.07, 6.45) is 5.00. The maximum atomic E-state index is 11.1. The van der Waals surface area contributed by atoms with Gasteiger partial charge in [0.1, 0.15) is 16.2 Å². The van der Waals surface area contributed by atoms with Gasteiger partial charge in [0.2, 0.25) is 0 Å². The van der Waals surface area contributed by atoms with Gasteiger partial charge in [0.15, 0.2) is 0 Å². The first-order chi connectivity index (χ1) is 11.2. The van der Waals surface area contributed by atoms with Crippen molar-refractivity contribution < 1.29 is 4.92 Å². The lowest BCUT2D eigenvalue weighted by molar-refractivity contribution is -0.385. The normalized spacial score (nSPS) is 13.4. The number of para-hydroxylation sites is 1. The third-order valence-electron chi connectivity index (χ3n) is 4.02. The molecular formula is C16H13N3O2S2. The van der Waals surface area contributed by atoms with Crippen LogP contribution in [0.1, 0.15) is 22.4 Å². The molecule has 1 aliphatic carbocycles. The molecule has 0 N–H and O–H groups in total. The molecule has 116 valence electrons. The number of hydrogen-bond acceptors (Lipinski definition) is 6. The summed E-state index contributed by atoms with van der Waals surface area (Å²) in [6.45, 7) is 0. The number of nitro groups is 1. The van der Waals surface area contributed by atoms with Crippen molar-refractivity contribution in [2.45, 2.75) is 30.0 Å². The Balaban J connectivity index is 1.68. The van der Waals surface area contributed by atoms with Gasteiger partial charge < -0.3 is 0 Å². The fourth-order valence-corrected chi connectivity index (χ4v) is 5.28. The number of aryl methyl sites for hydroxylation is 2. The van der Waals surface area contributed by atoms with Crippen molar-refractivity contribution in [3.63, 3.8) is 0 Å². The molecule has 23 heavy (non-hydrogen) atoms. The van der Waals surface area contributed by atoms with Crippen LogP contribution < -0.4 is 0 Å². The molecule has 0 saturated carbocycles. The van der Waals surface area contributed by atoms with Crippen molar-refractivity contribution >= 4 is 39.0 Å². The van der Waals surface area contributed by atoms with E-state index >= 15 is 0 Å². The number of thioether (sulfide) groups is 1. The first kappa shape index (κ1) is 14.6. The fraction of sp³-hybridized carbons (Fsp3) is 0.250. The predicted octanol–water partition coefficient (Wildman–Crippen LogP) is 4.38. The molecule has 2 aromatic heterocycles. The molecule has 0 fully saturated rings. The molecular weight excluding hydrogens is 330 g/mol. The fourth-order valence-electron chi connectivity index (χ4n) is 2.97. The van der Waals surface area contributed by atoms with Crippen LogP contribution in [0.5, 0.6) is 0 Å². The largest absolute Gasteiger partial charge is 0.273 e. The summed E-state index contributed by atoms with van der Waals surface area (Å²) in [4.78, 5) is 22.1. The summed E-state index contributed by atoms with van der Waals surface area (Å²) in [7, 11) is 0. The Morgan fingerprint density at radius 2 is 2.13 bits per heavy atom. The van der Waals surface area contributed by atoms with E-state index in [1.807, 2.05) is 12.1 Å². The number of aromatic nitrogens is 2. The SMILES string of the molecule is O=[N+]([O-])c1ccccc1CSc1ncnc2sc3c(c12)CCC3. The van der Waals surface area contributed by atoms with Crippen LogP contribution in [0.25, 0.3) is 10.2 Å². The third-order valence-corrected chi connectivity index (χ3v) is 6.26. The van der Waals surface area contributed by atoms with Crippen LogP contribution in [-0.2, 0) is 18.6 Å². The maximum absolute atomic E-state index is 11.1. The van der Waals surface area contributed by atoms with Gasteiger partial charge >= 0.3 is 0 Å². The Bertz CT molecular complexity index is 907. The highest BCUT2D eigenvalue weighted by Crippen LogP contribution is 2.41. The number of benzene rings is 1. The second-order valence-electron chi connectivity index (χ2n) is 5.39. The molecule has 1 aliphatic rings. The van der Waals surface area contributed by atoms with E-state index in [0.717, 1.165) is 33.6 Å². The quantitative estimate of drug-likeness (QED) is 0.304. The Kier molecular flexibility index (Phi) is 3.74. The van der Waals surface area contributed by atoms with E-state index in [-0.39, 0.29) is 10.6 Å². The van der Waals surface area contributed by atoms with Crippen LogP contribution in [0, 0.1) is 10.1 Å². The van der Waals surface area contributed by atoms with Crippen LogP contribution in [0.2, 0.25) is 0 Å². The van der Waals surface area contributed by atoms with E-state index in [0.29, 0.717) is 5.75 Å². The van der Waals surface area contributed by atoms with Crippen molar-refractivity contribution in [3.8, 4) is 0 Å². The number of thiophene rings is 1. The van der Waals surface area contributed by atoms with Gasteiger partial charge in [-0.15, -0.1) is 23.1 Å². The summed E-state index contributed by atoms with van der Waals surface area (Å²) in [6, 6.07) is 6.89. The topological polar surface area (TPSA) is 68.9 Å². The highest BCUT2D eigenvalue weighted by molar-refractivity contribution is 7.98. The molecule has 3 aromatic rings. The Hall–Kier alpha value is -1.99. The smallest absolute Gasteiger partial charge is 0.258 e. The van der Waals surface area contributed by atoms with Crippen LogP contribution in [-0.4, -0.2) is 14.9 Å². The average molecular weight is 343 g/mol. The lowest BCUT2D eigenvalue weighted by Crippen LogP contribution is -1.94. The molecule has 5 nitrogen and oxygen atoms in total. The van der Waals surface area contributed by atoms with E-state index in [1.165, 1.54) is 16.9 Å². The summed E-state index contributed by atoms with van der Waals surface area (Å²) in [5.74, 6) is 0.536. The van der Waals surface area contributed by atoms with Crippen molar-refractivity contribution in [1.29, 1.82) is 0 Å². The first-order valence-corrected chi connectivity index (χ1v) is 9.14. The van der Waals surface area contributed by atoms with Gasteiger partial charge in [0, 0.05) is 27.6 Å². The van der Waals surface area contributed by atoms with E-state index in [2.05, 4.69) is 9.97 Å². The van der Waals surface area contributed by atoms with Crippen LogP contribution in [0.15, 0.2) is 35.6 Å². The summed E-state index contributed by atoms with van der Waals surface area (Å²) in [5.41, 5.74) is 2.28. The molecule has 0 radical (unpaired) electrons. The molecule has 0 atom stereocenters. The predicted molar refractivity (Wildman–Crippen MR) is 92.1 cm³/mol. The van der Waals surface area contributed by atoms with Gasteiger partial charge in [0.05, 0.1) is 4.92 Å². The molecule has 0 unspecified atom stereocenters. The van der Waals surface area contributed by atoms with Gasteiger partial charge in [-0.3, -0.25) is 10.1 Å². The lowest BCUT2D eigenvalue weighted by atomic mass is 10.2. The highest BCUT2D eigenvalue weighted by atomic mass is 32.2. The van der Waals surface area contributed by atoms with Crippen molar-refractivity contribution in [2.24, 2.45) is 0 Å². The van der Waals surface area contributed by atoms with Gasteiger partial charge in [0.25, 0.3) is 5.69 Å². The monoisotopic (exact) mass is 343 g/mol. The minimum Gasteiger partial charge on any atom is -0.258 e. The summed E-state index contributed by atoms with van der Waals surface area (Å²) < 4.78 is 0. The average Bonchev–Trinajstić information content (AvgIpc) is 3.13. The molecule has 0 spiro atoms. The van der Waals surface area contributed by atoms with E-state index in [4.69, 9.17) is 0 Å². The lowest BCUT2D eigenvalue weighted by Gasteiger charge is -2.05.